The van der Waals surface area contributed by atoms with Crippen LogP contribution in [-0.2, 0) is 21.5 Å². The number of carbonyl (C=O) groups excluding carboxylic acids is 1. The van der Waals surface area contributed by atoms with Gasteiger partial charge >= 0.3 is 5.97 Å². The highest BCUT2D eigenvalue weighted by Crippen LogP contribution is 2.21. The average Bonchev–Trinajstić information content (AvgIpc) is 3.05. The second kappa shape index (κ2) is 6.50. The van der Waals surface area contributed by atoms with E-state index in [0.717, 1.165) is 4.88 Å². The van der Waals surface area contributed by atoms with Crippen LogP contribution in [0.15, 0.2) is 23.8 Å². The molecule has 2 aromatic heterocycles. The Morgan fingerprint density at radius 1 is 1.50 bits per heavy atom. The first-order valence-corrected chi connectivity index (χ1v) is 7.86. The van der Waals surface area contributed by atoms with Gasteiger partial charge < -0.3 is 10.4 Å². The minimum Gasteiger partial charge on any atom is -0.479 e. The molecule has 0 fully saturated rings. The van der Waals surface area contributed by atoms with Crippen molar-refractivity contribution >= 4 is 40.5 Å². The number of carboxylic acid groups (broad SMARTS) is 1. The number of aryl methyl sites for hydroxylation is 1. The molecule has 2 rings (SSSR count). The van der Waals surface area contributed by atoms with Crippen LogP contribution in [0.3, 0.4) is 0 Å². The van der Waals surface area contributed by atoms with Crippen molar-refractivity contribution in [3.05, 3.63) is 33.7 Å². The average molecular weight is 342 g/mol. The van der Waals surface area contributed by atoms with Crippen LogP contribution in [0.1, 0.15) is 25.1 Å². The van der Waals surface area contributed by atoms with Gasteiger partial charge in [0, 0.05) is 22.9 Å². The molecule has 0 bridgehead atoms. The third-order valence-electron chi connectivity index (χ3n) is 3.18. The summed E-state index contributed by atoms with van der Waals surface area (Å²) in [6, 6.07) is 1.84. The number of hydrogen-bond acceptors (Lipinski definition) is 4. The van der Waals surface area contributed by atoms with Gasteiger partial charge in [0.15, 0.2) is 5.54 Å². The molecule has 0 saturated heterocycles. The van der Waals surface area contributed by atoms with E-state index in [2.05, 4.69) is 10.4 Å². The molecule has 2 heterocycles. The van der Waals surface area contributed by atoms with E-state index in [0.29, 0.717) is 23.6 Å². The highest BCUT2D eigenvalue weighted by atomic mass is 35.5. The molecule has 2 N–H and O–H groups in total. The monoisotopic (exact) mass is 341 g/mol. The fourth-order valence-electron chi connectivity index (χ4n) is 1.74. The minimum absolute atomic E-state index is 0.155. The Bertz CT molecular complexity index is 693. The molecule has 6 nitrogen and oxygen atoms in total. The summed E-state index contributed by atoms with van der Waals surface area (Å²) < 4.78 is 1.31. The largest absolute Gasteiger partial charge is 0.479 e. The number of carbonyl (C=O) groups is 2. The van der Waals surface area contributed by atoms with Gasteiger partial charge in [0.05, 0.1) is 16.9 Å². The van der Waals surface area contributed by atoms with Gasteiger partial charge in [-0.3, -0.25) is 9.48 Å². The van der Waals surface area contributed by atoms with E-state index in [4.69, 9.17) is 16.7 Å². The van der Waals surface area contributed by atoms with Gasteiger partial charge in [-0.25, -0.2) is 4.79 Å². The molecule has 22 heavy (non-hydrogen) atoms. The van der Waals surface area contributed by atoms with E-state index in [9.17, 15) is 9.59 Å². The Hall–Kier alpha value is -1.86. The Balaban J connectivity index is 1.92. The van der Waals surface area contributed by atoms with Gasteiger partial charge in [-0.2, -0.15) is 5.10 Å². The Kier molecular flexibility index (Phi) is 4.87. The molecule has 0 aromatic carbocycles. The number of aromatic nitrogens is 2. The minimum atomic E-state index is -1.17. The fraction of sp³-hybridized carbons (Fsp3) is 0.357. The van der Waals surface area contributed by atoms with Crippen molar-refractivity contribution in [1.29, 1.82) is 0 Å². The summed E-state index contributed by atoms with van der Waals surface area (Å²) in [7, 11) is 0. The Labute approximate surface area is 136 Å². The molecule has 0 saturated carbocycles. The number of halogens is 1. The molecular weight excluding hydrogens is 326 g/mol. The maximum Gasteiger partial charge on any atom is 0.331 e. The summed E-state index contributed by atoms with van der Waals surface area (Å²) in [6.45, 7) is 3.07. The van der Waals surface area contributed by atoms with E-state index < -0.39 is 11.5 Å². The zero-order valence-corrected chi connectivity index (χ0v) is 13.7. The Morgan fingerprint density at radius 2 is 2.23 bits per heavy atom. The lowest BCUT2D eigenvalue weighted by molar-refractivity contribution is -0.146. The van der Waals surface area contributed by atoms with E-state index in [1.54, 1.807) is 0 Å². The van der Waals surface area contributed by atoms with Crippen molar-refractivity contribution in [3.63, 3.8) is 0 Å². The van der Waals surface area contributed by atoms with Crippen molar-refractivity contribution in [2.45, 2.75) is 32.2 Å². The summed E-state index contributed by atoms with van der Waals surface area (Å²) in [6.07, 6.45) is 3.88. The lowest BCUT2D eigenvalue weighted by atomic mass is 10.1. The number of nitrogens with one attached hydrogen (secondary N) is 1. The van der Waals surface area contributed by atoms with E-state index in [1.165, 1.54) is 42.3 Å². The van der Waals surface area contributed by atoms with Crippen LogP contribution in [0, 0.1) is 0 Å². The second-order valence-electron chi connectivity index (χ2n) is 5.32. The molecule has 8 heteroatoms. The molecule has 0 atom stereocenters. The quantitative estimate of drug-likeness (QED) is 0.846. The molecule has 0 aliphatic heterocycles. The predicted octanol–water partition coefficient (Wildman–Crippen LogP) is 2.99. The van der Waals surface area contributed by atoms with Crippen LogP contribution in [0.5, 0.6) is 0 Å². The molecule has 0 aliphatic rings. The van der Waals surface area contributed by atoms with Crippen molar-refractivity contribution in [3.8, 4) is 0 Å². The Morgan fingerprint density at radius 3 is 2.82 bits per heavy atom. The van der Waals surface area contributed by atoms with Crippen molar-refractivity contribution in [1.82, 2.24) is 9.78 Å². The molecule has 0 aliphatic carbocycles. The van der Waals surface area contributed by atoms with Gasteiger partial charge in [0.25, 0.3) is 0 Å². The summed E-state index contributed by atoms with van der Waals surface area (Å²) in [5, 5.41) is 18.3. The molecule has 0 unspecified atom stereocenters. The second-order valence-corrected chi connectivity index (χ2v) is 6.75. The smallest absolute Gasteiger partial charge is 0.331 e. The topological polar surface area (TPSA) is 84.2 Å². The number of thiophene rings is 1. The summed E-state index contributed by atoms with van der Waals surface area (Å²) in [4.78, 5) is 24.1. The van der Waals surface area contributed by atoms with E-state index in [-0.39, 0.29) is 5.91 Å². The lowest BCUT2D eigenvalue weighted by Crippen LogP contribution is -2.35. The predicted molar refractivity (Wildman–Crippen MR) is 85.5 cm³/mol. The van der Waals surface area contributed by atoms with Crippen LogP contribution in [-0.4, -0.2) is 26.8 Å². The maximum absolute atomic E-state index is 11.9. The first kappa shape index (κ1) is 16.5. The third kappa shape index (κ3) is 3.86. The summed E-state index contributed by atoms with van der Waals surface area (Å²) >= 11 is 7.34. The number of amides is 1. The first-order valence-electron chi connectivity index (χ1n) is 6.60. The van der Waals surface area contributed by atoms with Gasteiger partial charge in [0.1, 0.15) is 0 Å². The number of aliphatic carboxylic acids is 1. The van der Waals surface area contributed by atoms with Gasteiger partial charge in [-0.1, -0.05) is 11.6 Å². The maximum atomic E-state index is 11.9. The zero-order valence-electron chi connectivity index (χ0n) is 12.2. The van der Waals surface area contributed by atoms with Crippen molar-refractivity contribution < 1.29 is 14.7 Å². The molecular formula is C14H16ClN3O3S. The van der Waals surface area contributed by atoms with Crippen molar-refractivity contribution in [2.24, 2.45) is 0 Å². The first-order chi connectivity index (χ1) is 10.3. The molecule has 2 aromatic rings. The van der Waals surface area contributed by atoms with Crippen LogP contribution in [0.2, 0.25) is 5.02 Å². The van der Waals surface area contributed by atoms with Crippen LogP contribution < -0.4 is 5.32 Å². The lowest BCUT2D eigenvalue weighted by Gasteiger charge is -2.19. The fourth-order valence-corrected chi connectivity index (χ4v) is 2.81. The molecule has 1 amide bonds. The van der Waals surface area contributed by atoms with Crippen LogP contribution in [0.4, 0.5) is 5.69 Å². The van der Waals surface area contributed by atoms with E-state index >= 15 is 0 Å². The van der Waals surface area contributed by atoms with Gasteiger partial charge in [-0.05, 0) is 26.3 Å². The van der Waals surface area contributed by atoms with E-state index in [1.807, 2.05) is 11.4 Å². The molecule has 118 valence electrons. The molecule has 0 radical (unpaired) electrons. The summed E-state index contributed by atoms with van der Waals surface area (Å²) in [5.41, 5.74) is -0.694. The zero-order chi connectivity index (χ0) is 16.3. The number of anilines is 1. The molecule has 0 spiro atoms. The highest BCUT2D eigenvalue weighted by molar-refractivity contribution is 7.10. The normalized spacial score (nSPS) is 11.4. The highest BCUT2D eigenvalue weighted by Gasteiger charge is 2.30. The van der Waals surface area contributed by atoms with Crippen molar-refractivity contribution in [2.75, 3.05) is 5.32 Å². The van der Waals surface area contributed by atoms with Crippen LogP contribution in [0.25, 0.3) is 0 Å². The SMILES string of the molecule is CC(C)(C(=O)O)n1cc(NC(=O)CCc2cc(Cl)cs2)cn1. The van der Waals surface area contributed by atoms with Gasteiger partial charge in [-0.15, -0.1) is 11.3 Å². The van der Waals surface area contributed by atoms with Gasteiger partial charge in [0.2, 0.25) is 5.91 Å². The van der Waals surface area contributed by atoms with Crippen LogP contribution >= 0.6 is 22.9 Å². The standard InChI is InChI=1S/C14H16ClN3O3S/c1-14(2,13(20)21)18-7-10(6-16-18)17-12(19)4-3-11-5-9(15)8-22-11/h5-8H,3-4H2,1-2H3,(H,17,19)(H,20,21). The number of nitrogens with zero attached hydrogens (tertiary/aromatic N) is 2. The number of rotatable bonds is 6. The number of carboxylic acids is 1. The number of hydrogen-bond donors (Lipinski definition) is 2. The summed E-state index contributed by atoms with van der Waals surface area (Å²) in [5.74, 6) is -1.15. The third-order valence-corrected chi connectivity index (χ3v) is 4.53.